The Kier molecular flexibility index (Phi) is 42.9. The quantitative estimate of drug-likeness (QED) is 0.0252. The van der Waals surface area contributed by atoms with Gasteiger partial charge in [0.05, 0.1) is 97.5 Å². The minimum Gasteiger partial charge on any atom is -0.394 e. The first kappa shape index (κ1) is 88.8. The van der Waals surface area contributed by atoms with Crippen LogP contribution >= 0.6 is 0 Å². The molecule has 3 saturated heterocycles. The van der Waals surface area contributed by atoms with Crippen molar-refractivity contribution in [3.05, 3.63) is 0 Å². The van der Waals surface area contributed by atoms with Crippen LogP contribution in [0.2, 0.25) is 0 Å². The lowest BCUT2D eigenvalue weighted by Crippen LogP contribution is -2.64. The molecule has 4 fully saturated rings. The number of methoxy groups -OCH3 is 1. The topological polar surface area (TPSA) is 556 Å². The van der Waals surface area contributed by atoms with Crippen molar-refractivity contribution in [3.8, 4) is 0 Å². The second-order valence-electron chi connectivity index (χ2n) is 25.4. The first-order valence-corrected chi connectivity index (χ1v) is 35.0. The van der Waals surface area contributed by atoms with E-state index in [1.165, 1.54) is 20.8 Å². The zero-order valence-corrected chi connectivity index (χ0v) is 58.7. The monoisotopic (exact) mass is 1470 g/mol. The zero-order chi connectivity index (χ0) is 75.1. The number of hydrogen-bond donors (Lipinski definition) is 19. The maximum Gasteiger partial charge on any atom is 0.242 e. The normalized spacial score (nSPS) is 28.4. The van der Waals surface area contributed by atoms with E-state index in [1.807, 2.05) is 0 Å². The summed E-state index contributed by atoms with van der Waals surface area (Å²) in [4.78, 5) is 116. The predicted molar refractivity (Wildman–Crippen MR) is 352 cm³/mol. The molecule has 4 aliphatic rings. The van der Waals surface area contributed by atoms with Crippen LogP contribution < -0.4 is 47.9 Å². The van der Waals surface area contributed by atoms with E-state index in [4.69, 9.17) is 47.4 Å². The fourth-order valence-corrected chi connectivity index (χ4v) is 11.8. The van der Waals surface area contributed by atoms with Crippen LogP contribution in [-0.2, 0) is 90.5 Å². The van der Waals surface area contributed by atoms with Crippen LogP contribution in [0.25, 0.3) is 0 Å². The van der Waals surface area contributed by atoms with Crippen LogP contribution in [0.1, 0.15) is 124 Å². The van der Waals surface area contributed by atoms with Gasteiger partial charge < -0.3 is 146 Å². The van der Waals surface area contributed by atoms with E-state index in [2.05, 4.69) is 47.9 Å². The Labute approximate surface area is 592 Å². The Balaban J connectivity index is 1.33. The van der Waals surface area contributed by atoms with Gasteiger partial charge in [0.15, 0.2) is 18.9 Å². The van der Waals surface area contributed by atoms with Gasteiger partial charge in [-0.05, 0) is 32.1 Å². The van der Waals surface area contributed by atoms with Gasteiger partial charge in [-0.1, -0.05) is 38.5 Å². The largest absolute Gasteiger partial charge is 0.394 e. The van der Waals surface area contributed by atoms with Crippen molar-refractivity contribution >= 4 is 53.2 Å². The van der Waals surface area contributed by atoms with E-state index in [1.54, 1.807) is 7.11 Å². The number of ether oxygens (including phenoxy) is 10. The lowest BCUT2D eigenvalue weighted by molar-refractivity contribution is -0.272. The summed E-state index contributed by atoms with van der Waals surface area (Å²) in [6.07, 6.45) is -10.8. The number of carbonyl (C=O) groups is 9. The molecule has 0 spiro atoms. The smallest absolute Gasteiger partial charge is 0.242 e. The molecule has 1 aliphatic carbocycles. The summed E-state index contributed by atoms with van der Waals surface area (Å²) in [5.41, 5.74) is 0. The molecule has 20 atom stereocenters. The fraction of sp³-hybridized carbons (Fsp3) is 0.859. The van der Waals surface area contributed by atoms with Gasteiger partial charge in [-0.3, -0.25) is 43.2 Å². The van der Waals surface area contributed by atoms with Gasteiger partial charge in [0, 0.05) is 79.6 Å². The summed E-state index contributed by atoms with van der Waals surface area (Å²) in [5.74, 6) is -4.87. The molecular formula is C64H113N9O29. The zero-order valence-electron chi connectivity index (χ0n) is 58.7. The average Bonchev–Trinajstić information content (AvgIpc) is 1.03. The Morgan fingerprint density at radius 3 is 1.11 bits per heavy atom. The summed E-state index contributed by atoms with van der Waals surface area (Å²) in [6.45, 7) is 0.452. The standard InChI is InChI=1S/C64H113N9O29/c1-36(77)68-51-57(88)54(85)44(33-74)100-62(51)97-28-25-94-22-19-65-47(81)17-15-40(60(91)66-20-23-95-26-29-98-63-52(69-37(2)78)58(89)55(86)45(34-75)101-63)72-50(84)18-16-41(61(92)67-21-24-96-27-30-99-64-53(70-38(3)79)59(90)56(87)46(35-76)102-64)71-48(82)13-11-9-7-5-6-8-10-12-14-49(83)73-42-31-39(80)32-43(42)93-4/h39-46,51-59,62-64,74-76,80,85-90H,5-35H2,1-4H3,(H,65,81)(H,66,91)(H,67,92)(H,68,77)(H,69,78)(H,70,79)(H,71,82)(H,72,84)(H,73,83)/t39?,40?,41?,42?,43?,44?,45?,46-,51?,52?,53?,54?,55?,56?,57?,58?,59?,62?,63?,64?/m1/s1. The number of carbonyl (C=O) groups excluding carboxylic acids is 9. The molecule has 38 heteroatoms. The molecule has 3 aliphatic heterocycles. The van der Waals surface area contributed by atoms with Crippen LogP contribution in [-0.4, -0.2) is 333 Å². The number of aliphatic hydroxyl groups is 10. The molecule has 38 nitrogen and oxygen atoms in total. The van der Waals surface area contributed by atoms with Gasteiger partial charge in [0.1, 0.15) is 85.1 Å². The van der Waals surface area contributed by atoms with E-state index in [0.29, 0.717) is 38.5 Å². The molecular weight excluding hydrogens is 1360 g/mol. The number of rotatable bonds is 50. The summed E-state index contributed by atoms with van der Waals surface area (Å²) >= 11 is 0. The number of aliphatic hydroxyl groups excluding tert-OH is 10. The molecule has 19 unspecified atom stereocenters. The van der Waals surface area contributed by atoms with Gasteiger partial charge in [0.2, 0.25) is 53.2 Å². The summed E-state index contributed by atoms with van der Waals surface area (Å²) in [7, 11) is 1.56. The second-order valence-corrected chi connectivity index (χ2v) is 25.4. The van der Waals surface area contributed by atoms with E-state index < -0.39 is 184 Å². The van der Waals surface area contributed by atoms with E-state index >= 15 is 0 Å². The van der Waals surface area contributed by atoms with Crippen molar-refractivity contribution < 1.29 is 142 Å². The Morgan fingerprint density at radius 2 is 0.745 bits per heavy atom. The fourth-order valence-electron chi connectivity index (χ4n) is 11.8. The van der Waals surface area contributed by atoms with Crippen molar-refractivity contribution in [2.75, 3.05) is 106 Å². The molecule has 19 N–H and O–H groups in total. The maximum absolute atomic E-state index is 13.8. The highest BCUT2D eigenvalue weighted by molar-refractivity contribution is 5.90. The summed E-state index contributed by atoms with van der Waals surface area (Å²) in [5, 5.41) is 125. The Morgan fingerprint density at radius 1 is 0.402 bits per heavy atom. The SMILES string of the molecule is COC1CC(O)CC1NC(=O)CCCCCCCCCCC(=O)NC(CCC(=O)NC(CCC(=O)NCCOCCOC1OC(CO)C(O)C(O)C1NC(C)=O)C(=O)NCCOCCOC1OC(CO)C(O)C(O)C1NC(C)=O)C(=O)NCCOCCOC1O[C@H](CO)C(O)C(O)C1NC(C)=O. The molecule has 1 saturated carbocycles. The van der Waals surface area contributed by atoms with Crippen molar-refractivity contribution in [1.82, 2.24) is 47.9 Å². The minimum atomic E-state index is -1.54. The molecule has 4 rings (SSSR count). The molecule has 0 aromatic rings. The van der Waals surface area contributed by atoms with E-state index in [9.17, 15) is 94.2 Å². The van der Waals surface area contributed by atoms with Crippen LogP contribution in [0.3, 0.4) is 0 Å². The van der Waals surface area contributed by atoms with Crippen LogP contribution in [0.4, 0.5) is 0 Å². The van der Waals surface area contributed by atoms with Crippen LogP contribution in [0.5, 0.6) is 0 Å². The highest BCUT2D eigenvalue weighted by atomic mass is 16.7. The highest BCUT2D eigenvalue weighted by Gasteiger charge is 2.48. The van der Waals surface area contributed by atoms with Crippen molar-refractivity contribution in [3.63, 3.8) is 0 Å². The van der Waals surface area contributed by atoms with Crippen molar-refractivity contribution in [2.45, 2.75) is 246 Å². The maximum atomic E-state index is 13.8. The second kappa shape index (κ2) is 49.3. The summed E-state index contributed by atoms with van der Waals surface area (Å²) in [6, 6.07) is -6.36. The molecule has 3 heterocycles. The molecule has 0 aromatic carbocycles. The highest BCUT2D eigenvalue weighted by Crippen LogP contribution is 2.26. The van der Waals surface area contributed by atoms with Crippen molar-refractivity contribution in [2.24, 2.45) is 0 Å². The number of hydrogen-bond acceptors (Lipinski definition) is 29. The van der Waals surface area contributed by atoms with Gasteiger partial charge in [-0.2, -0.15) is 0 Å². The predicted octanol–water partition coefficient (Wildman–Crippen LogP) is -7.65. The molecule has 0 radical (unpaired) electrons. The molecule has 0 bridgehead atoms. The summed E-state index contributed by atoms with van der Waals surface area (Å²) < 4.78 is 55.8. The number of nitrogens with one attached hydrogen (secondary N) is 9. The first-order chi connectivity index (χ1) is 48.8. The van der Waals surface area contributed by atoms with Gasteiger partial charge in [0.25, 0.3) is 0 Å². The van der Waals surface area contributed by atoms with Gasteiger partial charge >= 0.3 is 0 Å². The molecule has 0 aromatic heterocycles. The molecule has 9 amide bonds. The third kappa shape index (κ3) is 32.4. The van der Waals surface area contributed by atoms with E-state index in [-0.39, 0.29) is 123 Å². The van der Waals surface area contributed by atoms with Gasteiger partial charge in [-0.15, -0.1) is 0 Å². The number of unbranched alkanes of at least 4 members (excludes halogenated alkanes) is 7. The third-order valence-corrected chi connectivity index (χ3v) is 17.3. The van der Waals surface area contributed by atoms with Crippen molar-refractivity contribution in [1.29, 1.82) is 0 Å². The third-order valence-electron chi connectivity index (χ3n) is 17.3. The Bertz CT molecular complexity index is 2500. The van der Waals surface area contributed by atoms with Crippen LogP contribution in [0, 0.1) is 0 Å². The minimum absolute atomic E-state index is 0.0204. The lowest BCUT2D eigenvalue weighted by atomic mass is 9.97. The molecule has 588 valence electrons. The molecule has 102 heavy (non-hydrogen) atoms. The van der Waals surface area contributed by atoms with E-state index in [0.717, 1.165) is 32.1 Å². The average molecular weight is 1470 g/mol. The lowest BCUT2D eigenvalue weighted by Gasteiger charge is -2.42. The van der Waals surface area contributed by atoms with Gasteiger partial charge in [-0.25, -0.2) is 0 Å². The number of amides is 9. The van der Waals surface area contributed by atoms with Crippen LogP contribution in [0.15, 0.2) is 0 Å². The first-order valence-electron chi connectivity index (χ1n) is 35.0. The Hall–Kier alpha value is -5.57.